The van der Waals surface area contributed by atoms with E-state index in [1.807, 2.05) is 35.8 Å². The second kappa shape index (κ2) is 6.48. The number of aryl methyl sites for hydroxylation is 1. The van der Waals surface area contributed by atoms with Crippen LogP contribution in [0.5, 0.6) is 0 Å². The zero-order chi connectivity index (χ0) is 19.9. The first kappa shape index (κ1) is 17.7. The van der Waals surface area contributed by atoms with Crippen molar-refractivity contribution in [1.82, 2.24) is 24.5 Å². The summed E-state index contributed by atoms with van der Waals surface area (Å²) in [5.74, 6) is 1.53. The third kappa shape index (κ3) is 3.31. The van der Waals surface area contributed by atoms with E-state index in [1.54, 1.807) is 6.07 Å². The number of imidazole rings is 1. The van der Waals surface area contributed by atoms with E-state index in [9.17, 15) is 13.2 Å². The Kier molecular flexibility index (Phi) is 4.10. The number of nitrogens with two attached hydrogens (primary N) is 1. The maximum Gasteiger partial charge on any atom is 0.433 e. The number of alkyl halides is 3. The summed E-state index contributed by atoms with van der Waals surface area (Å²) in [6.45, 7) is 1.84. The summed E-state index contributed by atoms with van der Waals surface area (Å²) in [6.07, 6.45) is -3.44. The number of rotatable bonds is 3. The van der Waals surface area contributed by atoms with Gasteiger partial charge in [0, 0.05) is 6.07 Å². The molecule has 3 N–H and O–H groups in total. The number of aromatic nitrogens is 5. The first-order valence-corrected chi connectivity index (χ1v) is 8.20. The summed E-state index contributed by atoms with van der Waals surface area (Å²) >= 11 is 0. The Morgan fingerprint density at radius 3 is 2.54 bits per heavy atom. The summed E-state index contributed by atoms with van der Waals surface area (Å²) in [5.41, 5.74) is 6.88. The molecular weight excluding hydrogens is 371 g/mol. The number of benzene rings is 1. The van der Waals surface area contributed by atoms with Crippen LogP contribution in [0.3, 0.4) is 0 Å². The first-order chi connectivity index (χ1) is 13.3. The second-order valence-corrected chi connectivity index (χ2v) is 6.01. The Morgan fingerprint density at radius 2 is 1.82 bits per heavy atom. The number of para-hydroxylation sites is 2. The molecule has 7 nitrogen and oxygen atoms in total. The van der Waals surface area contributed by atoms with Crippen LogP contribution in [0, 0.1) is 6.92 Å². The van der Waals surface area contributed by atoms with Crippen LogP contribution in [0.2, 0.25) is 0 Å². The molecule has 3 aromatic heterocycles. The van der Waals surface area contributed by atoms with Gasteiger partial charge >= 0.3 is 6.18 Å². The Morgan fingerprint density at radius 1 is 1.04 bits per heavy atom. The average Bonchev–Trinajstić information content (AvgIpc) is 2.96. The van der Waals surface area contributed by atoms with E-state index in [0.717, 1.165) is 23.3 Å². The molecule has 0 aliphatic carbocycles. The average molecular weight is 385 g/mol. The van der Waals surface area contributed by atoms with Crippen LogP contribution in [0.4, 0.5) is 30.6 Å². The minimum absolute atomic E-state index is 0.133. The number of hydrogen-bond acceptors (Lipinski definition) is 6. The van der Waals surface area contributed by atoms with Crippen LogP contribution in [-0.4, -0.2) is 24.5 Å². The van der Waals surface area contributed by atoms with Crippen molar-refractivity contribution in [3.63, 3.8) is 0 Å². The highest BCUT2D eigenvalue weighted by Crippen LogP contribution is 2.28. The largest absolute Gasteiger partial charge is 0.433 e. The number of halogens is 3. The van der Waals surface area contributed by atoms with Gasteiger partial charge < -0.3 is 11.1 Å². The fourth-order valence-corrected chi connectivity index (χ4v) is 2.82. The molecule has 3 heterocycles. The molecule has 0 fully saturated rings. The molecule has 4 aromatic rings. The molecule has 1 aromatic carbocycles. The predicted molar refractivity (Wildman–Crippen MR) is 98.3 cm³/mol. The maximum absolute atomic E-state index is 12.6. The van der Waals surface area contributed by atoms with E-state index in [2.05, 4.69) is 25.3 Å². The Bertz CT molecular complexity index is 1150. The molecule has 0 atom stereocenters. The SMILES string of the molecule is Cc1nc2ccccc2n1-c1cc(N)nc(Nc2ccc(C(F)(F)F)nc2)n1. The number of nitrogens with one attached hydrogen (secondary N) is 1. The normalized spacial score (nSPS) is 11.7. The molecule has 0 radical (unpaired) electrons. The van der Waals surface area contributed by atoms with Gasteiger partial charge in [-0.25, -0.2) is 9.97 Å². The fourth-order valence-electron chi connectivity index (χ4n) is 2.82. The fraction of sp³-hybridized carbons (Fsp3) is 0.111. The second-order valence-electron chi connectivity index (χ2n) is 6.01. The number of fused-ring (bicyclic) bond motifs is 1. The summed E-state index contributed by atoms with van der Waals surface area (Å²) in [6, 6.07) is 11.3. The quantitative estimate of drug-likeness (QED) is 0.556. The van der Waals surface area contributed by atoms with Gasteiger partial charge in [-0.05, 0) is 31.2 Å². The molecule has 0 aliphatic heterocycles. The van der Waals surface area contributed by atoms with Crippen molar-refractivity contribution in [2.75, 3.05) is 11.1 Å². The van der Waals surface area contributed by atoms with Crippen molar-refractivity contribution in [2.24, 2.45) is 0 Å². The summed E-state index contributed by atoms with van der Waals surface area (Å²) in [4.78, 5) is 16.4. The minimum atomic E-state index is -4.50. The molecule has 28 heavy (non-hydrogen) atoms. The molecule has 142 valence electrons. The zero-order valence-electron chi connectivity index (χ0n) is 14.6. The number of pyridine rings is 1. The molecule has 0 amide bonds. The van der Waals surface area contributed by atoms with Crippen molar-refractivity contribution in [3.8, 4) is 5.82 Å². The van der Waals surface area contributed by atoms with Gasteiger partial charge in [-0.3, -0.25) is 4.57 Å². The zero-order valence-corrected chi connectivity index (χ0v) is 14.6. The Hall–Kier alpha value is -3.69. The van der Waals surface area contributed by atoms with E-state index in [1.165, 1.54) is 6.07 Å². The molecule has 0 unspecified atom stereocenters. The van der Waals surface area contributed by atoms with E-state index in [0.29, 0.717) is 17.3 Å². The van der Waals surface area contributed by atoms with Gasteiger partial charge in [0.1, 0.15) is 23.2 Å². The van der Waals surface area contributed by atoms with Gasteiger partial charge in [0.15, 0.2) is 0 Å². The third-order valence-corrected chi connectivity index (χ3v) is 4.00. The van der Waals surface area contributed by atoms with Gasteiger partial charge in [0.05, 0.1) is 22.9 Å². The van der Waals surface area contributed by atoms with Gasteiger partial charge in [-0.1, -0.05) is 12.1 Å². The van der Waals surface area contributed by atoms with E-state index in [4.69, 9.17) is 5.73 Å². The van der Waals surface area contributed by atoms with Crippen molar-refractivity contribution >= 4 is 28.5 Å². The summed E-state index contributed by atoms with van der Waals surface area (Å²) in [7, 11) is 0. The molecule has 0 aliphatic rings. The van der Waals surface area contributed by atoms with Crippen LogP contribution in [-0.2, 0) is 6.18 Å². The highest BCUT2D eigenvalue weighted by molar-refractivity contribution is 5.78. The summed E-state index contributed by atoms with van der Waals surface area (Å²) < 4.78 is 39.7. The predicted octanol–water partition coefficient (Wildman–Crippen LogP) is 3.86. The lowest BCUT2D eigenvalue weighted by Crippen LogP contribution is -2.09. The molecular formula is C18H14F3N7. The summed E-state index contributed by atoms with van der Waals surface area (Å²) in [5, 5.41) is 2.83. The molecule has 4 rings (SSSR count). The Balaban J connectivity index is 1.71. The van der Waals surface area contributed by atoms with Crippen LogP contribution in [0.1, 0.15) is 11.5 Å². The van der Waals surface area contributed by atoms with Gasteiger partial charge in [-0.15, -0.1) is 0 Å². The van der Waals surface area contributed by atoms with E-state index < -0.39 is 11.9 Å². The maximum atomic E-state index is 12.6. The molecule has 0 spiro atoms. The van der Waals surface area contributed by atoms with Gasteiger partial charge in [0.2, 0.25) is 5.95 Å². The lowest BCUT2D eigenvalue weighted by atomic mass is 10.3. The van der Waals surface area contributed by atoms with Crippen LogP contribution in [0.25, 0.3) is 16.9 Å². The molecule has 0 saturated carbocycles. The highest BCUT2D eigenvalue weighted by Gasteiger charge is 2.32. The first-order valence-electron chi connectivity index (χ1n) is 8.20. The van der Waals surface area contributed by atoms with E-state index >= 15 is 0 Å². The van der Waals surface area contributed by atoms with Crippen LogP contribution < -0.4 is 11.1 Å². The molecule has 0 bridgehead atoms. The monoisotopic (exact) mass is 385 g/mol. The molecule has 0 saturated heterocycles. The Labute approximate surface area is 157 Å². The van der Waals surface area contributed by atoms with E-state index in [-0.39, 0.29) is 11.8 Å². The number of nitrogen functional groups attached to an aromatic ring is 1. The number of hydrogen-bond donors (Lipinski definition) is 2. The lowest BCUT2D eigenvalue weighted by Gasteiger charge is -2.11. The highest BCUT2D eigenvalue weighted by atomic mass is 19.4. The number of nitrogens with zero attached hydrogens (tertiary/aromatic N) is 5. The molecule has 10 heteroatoms. The van der Waals surface area contributed by atoms with Crippen molar-refractivity contribution in [3.05, 3.63) is 60.2 Å². The standard InChI is InChI=1S/C18H14F3N7/c1-10-24-12-4-2-3-5-13(12)28(10)16-8-15(22)26-17(27-16)25-11-6-7-14(23-9-11)18(19,20)21/h2-9H,1H3,(H3,22,25,26,27). The van der Waals surface area contributed by atoms with Crippen molar-refractivity contribution in [1.29, 1.82) is 0 Å². The topological polar surface area (TPSA) is 94.5 Å². The van der Waals surface area contributed by atoms with Gasteiger partial charge in [-0.2, -0.15) is 23.1 Å². The van der Waals surface area contributed by atoms with Crippen LogP contribution >= 0.6 is 0 Å². The van der Waals surface area contributed by atoms with Crippen LogP contribution in [0.15, 0.2) is 48.7 Å². The third-order valence-electron chi connectivity index (χ3n) is 4.00. The van der Waals surface area contributed by atoms with Crippen molar-refractivity contribution in [2.45, 2.75) is 13.1 Å². The smallest absolute Gasteiger partial charge is 0.383 e. The lowest BCUT2D eigenvalue weighted by molar-refractivity contribution is -0.141. The van der Waals surface area contributed by atoms with Gasteiger partial charge in [0.25, 0.3) is 0 Å². The minimum Gasteiger partial charge on any atom is -0.383 e. The number of anilines is 3. The van der Waals surface area contributed by atoms with Crippen molar-refractivity contribution < 1.29 is 13.2 Å².